The highest BCUT2D eigenvalue weighted by atomic mass is 35.5. The summed E-state index contributed by atoms with van der Waals surface area (Å²) in [4.78, 5) is 1.27. The van der Waals surface area contributed by atoms with E-state index in [1.807, 2.05) is 23.9 Å². The molecule has 1 heterocycles. The second-order valence-electron chi connectivity index (χ2n) is 2.39. The van der Waals surface area contributed by atoms with Gasteiger partial charge in [0.25, 0.3) is 0 Å². The summed E-state index contributed by atoms with van der Waals surface area (Å²) in [6.07, 6.45) is 0. The fourth-order valence-corrected chi connectivity index (χ4v) is 2.36. The summed E-state index contributed by atoms with van der Waals surface area (Å²) >= 11 is 7.82. The highest BCUT2D eigenvalue weighted by Gasteiger charge is 2.10. The van der Waals surface area contributed by atoms with Gasteiger partial charge in [0.05, 0.1) is 10.7 Å². The van der Waals surface area contributed by atoms with Crippen molar-refractivity contribution in [2.75, 3.05) is 17.6 Å². The van der Waals surface area contributed by atoms with E-state index >= 15 is 0 Å². The lowest BCUT2D eigenvalue weighted by molar-refractivity contribution is 1.17. The van der Waals surface area contributed by atoms with Gasteiger partial charge in [0.2, 0.25) is 0 Å². The molecule has 0 aliphatic carbocycles. The molecule has 3 heteroatoms. The topological polar surface area (TPSA) is 12.0 Å². The first-order chi connectivity index (χ1) is 5.38. The van der Waals surface area contributed by atoms with E-state index in [1.165, 1.54) is 4.90 Å². The molecule has 0 saturated carbocycles. The fourth-order valence-electron chi connectivity index (χ4n) is 1.13. The van der Waals surface area contributed by atoms with Crippen LogP contribution in [-0.2, 0) is 0 Å². The molecule has 1 aliphatic rings. The van der Waals surface area contributed by atoms with E-state index in [-0.39, 0.29) is 0 Å². The molecule has 1 N–H and O–H groups in total. The van der Waals surface area contributed by atoms with Crippen LogP contribution in [0.2, 0.25) is 5.02 Å². The Morgan fingerprint density at radius 1 is 1.45 bits per heavy atom. The molecule has 1 aliphatic heterocycles. The molecule has 58 valence electrons. The van der Waals surface area contributed by atoms with Crippen molar-refractivity contribution in [1.82, 2.24) is 0 Å². The molecule has 0 saturated heterocycles. The Morgan fingerprint density at radius 3 is 3.18 bits per heavy atom. The first-order valence-corrected chi connectivity index (χ1v) is 4.89. The molecule has 0 aromatic heterocycles. The Morgan fingerprint density at radius 2 is 2.36 bits per heavy atom. The smallest absolute Gasteiger partial charge is 0.0667 e. The van der Waals surface area contributed by atoms with Gasteiger partial charge >= 0.3 is 0 Å². The van der Waals surface area contributed by atoms with Crippen molar-refractivity contribution >= 4 is 29.1 Å². The Kier molecular flexibility index (Phi) is 1.96. The largest absolute Gasteiger partial charge is 0.382 e. The first kappa shape index (κ1) is 7.32. The van der Waals surface area contributed by atoms with Crippen molar-refractivity contribution in [3.63, 3.8) is 0 Å². The van der Waals surface area contributed by atoms with Crippen LogP contribution >= 0.6 is 23.4 Å². The maximum atomic E-state index is 5.97. The molecule has 1 aromatic carbocycles. The lowest BCUT2D eigenvalue weighted by Crippen LogP contribution is -2.10. The quantitative estimate of drug-likeness (QED) is 0.667. The first-order valence-electron chi connectivity index (χ1n) is 3.53. The third-order valence-corrected chi connectivity index (χ3v) is 3.01. The Labute approximate surface area is 75.1 Å². The number of anilines is 1. The SMILES string of the molecule is Clc1cccc2c1NCCS2. The number of hydrogen-bond acceptors (Lipinski definition) is 2. The zero-order valence-electron chi connectivity index (χ0n) is 5.93. The van der Waals surface area contributed by atoms with Crippen LogP contribution < -0.4 is 5.32 Å². The van der Waals surface area contributed by atoms with Crippen molar-refractivity contribution < 1.29 is 0 Å². The second-order valence-corrected chi connectivity index (χ2v) is 3.93. The predicted molar refractivity (Wildman–Crippen MR) is 50.7 cm³/mol. The van der Waals surface area contributed by atoms with E-state index in [0.29, 0.717) is 0 Å². The van der Waals surface area contributed by atoms with E-state index < -0.39 is 0 Å². The number of para-hydroxylation sites is 1. The molecule has 0 spiro atoms. The van der Waals surface area contributed by atoms with E-state index in [0.717, 1.165) is 23.0 Å². The van der Waals surface area contributed by atoms with E-state index in [2.05, 4.69) is 11.4 Å². The standard InChI is InChI=1S/C8H8ClNS/c9-6-2-1-3-7-8(6)10-4-5-11-7/h1-3,10H,4-5H2. The number of rotatable bonds is 0. The van der Waals surface area contributed by atoms with Crippen LogP contribution in [-0.4, -0.2) is 12.3 Å². The predicted octanol–water partition coefficient (Wildman–Crippen LogP) is 2.86. The van der Waals surface area contributed by atoms with Gasteiger partial charge in [-0.25, -0.2) is 0 Å². The van der Waals surface area contributed by atoms with Gasteiger partial charge in [-0.05, 0) is 12.1 Å². The van der Waals surface area contributed by atoms with Gasteiger partial charge in [0.15, 0.2) is 0 Å². The summed E-state index contributed by atoms with van der Waals surface area (Å²) in [5, 5.41) is 4.11. The summed E-state index contributed by atoms with van der Waals surface area (Å²) in [5.41, 5.74) is 1.10. The summed E-state index contributed by atoms with van der Waals surface area (Å²) in [6.45, 7) is 1.02. The summed E-state index contributed by atoms with van der Waals surface area (Å²) in [5.74, 6) is 1.13. The zero-order chi connectivity index (χ0) is 7.68. The number of hydrogen-bond donors (Lipinski definition) is 1. The minimum Gasteiger partial charge on any atom is -0.382 e. The molecule has 11 heavy (non-hydrogen) atoms. The number of benzene rings is 1. The van der Waals surface area contributed by atoms with Crippen LogP contribution in [0, 0.1) is 0 Å². The van der Waals surface area contributed by atoms with Crippen LogP contribution in [0.4, 0.5) is 5.69 Å². The molecule has 0 fully saturated rings. The van der Waals surface area contributed by atoms with Crippen molar-refractivity contribution in [2.24, 2.45) is 0 Å². The average Bonchev–Trinajstić information content (AvgIpc) is 2.06. The highest BCUT2D eigenvalue weighted by Crippen LogP contribution is 2.35. The van der Waals surface area contributed by atoms with Gasteiger partial charge in [-0.1, -0.05) is 17.7 Å². The van der Waals surface area contributed by atoms with Gasteiger partial charge < -0.3 is 5.32 Å². The normalized spacial score (nSPS) is 15.4. The molecule has 0 atom stereocenters. The fraction of sp³-hybridized carbons (Fsp3) is 0.250. The Bertz CT molecular complexity index is 275. The van der Waals surface area contributed by atoms with Crippen molar-refractivity contribution in [2.45, 2.75) is 4.90 Å². The molecule has 0 bridgehead atoms. The summed E-state index contributed by atoms with van der Waals surface area (Å²) in [6, 6.07) is 6.00. The van der Waals surface area contributed by atoms with Crippen LogP contribution in [0.25, 0.3) is 0 Å². The lowest BCUT2D eigenvalue weighted by atomic mass is 10.3. The molecule has 0 amide bonds. The summed E-state index contributed by atoms with van der Waals surface area (Å²) in [7, 11) is 0. The Balaban J connectivity index is 2.49. The van der Waals surface area contributed by atoms with Crippen LogP contribution in [0.3, 0.4) is 0 Å². The third kappa shape index (κ3) is 1.33. The maximum absolute atomic E-state index is 5.97. The van der Waals surface area contributed by atoms with E-state index in [4.69, 9.17) is 11.6 Å². The average molecular weight is 186 g/mol. The minimum absolute atomic E-state index is 0.828. The van der Waals surface area contributed by atoms with Crippen molar-refractivity contribution in [3.05, 3.63) is 23.2 Å². The Hall–Kier alpha value is -0.340. The minimum atomic E-state index is 0.828. The number of halogens is 1. The zero-order valence-corrected chi connectivity index (χ0v) is 7.50. The monoisotopic (exact) mass is 185 g/mol. The van der Waals surface area contributed by atoms with E-state index in [9.17, 15) is 0 Å². The van der Waals surface area contributed by atoms with E-state index in [1.54, 1.807) is 0 Å². The van der Waals surface area contributed by atoms with Crippen LogP contribution in [0.1, 0.15) is 0 Å². The number of thioether (sulfide) groups is 1. The number of fused-ring (bicyclic) bond motifs is 1. The molecule has 0 unspecified atom stereocenters. The lowest BCUT2D eigenvalue weighted by Gasteiger charge is -2.17. The maximum Gasteiger partial charge on any atom is 0.0667 e. The summed E-state index contributed by atoms with van der Waals surface area (Å²) < 4.78 is 0. The molecule has 0 radical (unpaired) electrons. The highest BCUT2D eigenvalue weighted by molar-refractivity contribution is 7.99. The molecule has 2 rings (SSSR count). The van der Waals surface area contributed by atoms with Gasteiger partial charge in [-0.3, -0.25) is 0 Å². The van der Waals surface area contributed by atoms with Crippen molar-refractivity contribution in [1.29, 1.82) is 0 Å². The van der Waals surface area contributed by atoms with Gasteiger partial charge in [-0.15, -0.1) is 11.8 Å². The molecule has 1 aromatic rings. The molecular weight excluding hydrogens is 178 g/mol. The van der Waals surface area contributed by atoms with Gasteiger partial charge in [0.1, 0.15) is 0 Å². The third-order valence-electron chi connectivity index (χ3n) is 1.64. The number of nitrogens with one attached hydrogen (secondary N) is 1. The van der Waals surface area contributed by atoms with Crippen LogP contribution in [0.15, 0.2) is 23.1 Å². The van der Waals surface area contributed by atoms with Gasteiger partial charge in [0, 0.05) is 17.2 Å². The second kappa shape index (κ2) is 2.95. The van der Waals surface area contributed by atoms with Crippen molar-refractivity contribution in [3.8, 4) is 0 Å². The molecular formula is C8H8ClNS. The van der Waals surface area contributed by atoms with Crippen LogP contribution in [0.5, 0.6) is 0 Å². The molecule has 1 nitrogen and oxygen atoms in total. The van der Waals surface area contributed by atoms with Gasteiger partial charge in [-0.2, -0.15) is 0 Å².